The molecule has 2 aliphatic rings. The number of halogens is 1. The molecule has 1 heterocycles. The number of amides is 1. The molecule has 1 amide bonds. The smallest absolute Gasteiger partial charge is 0.251 e. The fourth-order valence-corrected chi connectivity index (χ4v) is 6.95. The fraction of sp³-hybridized carbons (Fsp3) is 0.500. The second kappa shape index (κ2) is 16.4. The van der Waals surface area contributed by atoms with Gasteiger partial charge in [0.05, 0.1) is 0 Å². The lowest BCUT2D eigenvalue weighted by Gasteiger charge is -2.33. The number of hydrogen-bond donors (Lipinski definition) is 1. The molecule has 232 valence electrons. The van der Waals surface area contributed by atoms with Gasteiger partial charge in [-0.25, -0.2) is 0 Å². The summed E-state index contributed by atoms with van der Waals surface area (Å²) in [5.74, 6) is 0.718. The first-order chi connectivity index (χ1) is 20.9. The quantitative estimate of drug-likeness (QED) is 0.236. The molecule has 1 saturated heterocycles. The zero-order valence-electron chi connectivity index (χ0n) is 27.1. The fourth-order valence-electron chi connectivity index (χ4n) is 6.82. The van der Waals surface area contributed by atoms with Crippen molar-refractivity contribution >= 4 is 17.5 Å². The molecule has 0 saturated carbocycles. The van der Waals surface area contributed by atoms with Crippen molar-refractivity contribution in [3.63, 3.8) is 0 Å². The van der Waals surface area contributed by atoms with E-state index in [9.17, 15) is 4.79 Å². The molecule has 5 heteroatoms. The summed E-state index contributed by atoms with van der Waals surface area (Å²) < 4.78 is 0. The standard InChI is InChI=1S/C36H46ClN3O.C2H6/c1-26-33-9-5-4-8-27(33)12-16-34(26)29-18-22-40(23-19-29)21-7-6-20-38-36(41)30-13-17-35(31(24-30)25-39(2)3)28-10-14-32(37)15-11-28;1-2/h10-17,24,29H,4-9,18-23,25H2,1-3H3,(H,38,41);1-2H3. The van der Waals surface area contributed by atoms with Gasteiger partial charge in [0.2, 0.25) is 0 Å². The first-order valence-electron chi connectivity index (χ1n) is 16.5. The van der Waals surface area contributed by atoms with Crippen molar-refractivity contribution in [1.29, 1.82) is 0 Å². The van der Waals surface area contributed by atoms with E-state index in [-0.39, 0.29) is 5.91 Å². The maximum absolute atomic E-state index is 13.0. The third-order valence-electron chi connectivity index (χ3n) is 9.08. The molecule has 4 nitrogen and oxygen atoms in total. The zero-order chi connectivity index (χ0) is 30.8. The van der Waals surface area contributed by atoms with E-state index in [1.54, 1.807) is 22.3 Å². The van der Waals surface area contributed by atoms with Gasteiger partial charge in [-0.2, -0.15) is 0 Å². The monoisotopic (exact) mass is 601 g/mol. The lowest BCUT2D eigenvalue weighted by atomic mass is 9.80. The maximum atomic E-state index is 13.0. The lowest BCUT2D eigenvalue weighted by molar-refractivity contribution is 0.0952. The van der Waals surface area contributed by atoms with Crippen LogP contribution in [0.5, 0.6) is 0 Å². The number of unbranched alkanes of at least 4 members (excludes halogenated alkanes) is 1. The summed E-state index contributed by atoms with van der Waals surface area (Å²) in [6, 6.07) is 18.8. The summed E-state index contributed by atoms with van der Waals surface area (Å²) in [6.45, 7) is 11.3. The van der Waals surface area contributed by atoms with Crippen molar-refractivity contribution in [3.8, 4) is 11.1 Å². The van der Waals surface area contributed by atoms with Crippen LogP contribution in [0.2, 0.25) is 5.02 Å². The molecule has 1 fully saturated rings. The van der Waals surface area contributed by atoms with E-state index in [0.29, 0.717) is 12.5 Å². The van der Waals surface area contributed by atoms with Crippen molar-refractivity contribution in [2.45, 2.75) is 84.6 Å². The summed E-state index contributed by atoms with van der Waals surface area (Å²) in [5, 5.41) is 3.88. The molecule has 1 aliphatic heterocycles. The summed E-state index contributed by atoms with van der Waals surface area (Å²) in [6.07, 6.45) is 9.89. The number of aryl methyl sites for hydroxylation is 1. The number of likely N-dealkylation sites (tertiary alicyclic amines) is 1. The van der Waals surface area contributed by atoms with Gasteiger partial charge in [0.15, 0.2) is 0 Å². The zero-order valence-corrected chi connectivity index (χ0v) is 27.9. The number of carbonyl (C=O) groups is 1. The minimum Gasteiger partial charge on any atom is -0.352 e. The number of nitrogens with one attached hydrogen (secondary N) is 1. The van der Waals surface area contributed by atoms with Gasteiger partial charge in [-0.05, 0) is 161 Å². The van der Waals surface area contributed by atoms with Crippen molar-refractivity contribution in [2.24, 2.45) is 0 Å². The van der Waals surface area contributed by atoms with E-state index in [4.69, 9.17) is 11.6 Å². The van der Waals surface area contributed by atoms with Gasteiger partial charge in [-0.3, -0.25) is 4.79 Å². The average Bonchev–Trinajstić information content (AvgIpc) is 3.03. The molecule has 0 spiro atoms. The van der Waals surface area contributed by atoms with Gasteiger partial charge in [0, 0.05) is 23.7 Å². The number of hydrogen-bond acceptors (Lipinski definition) is 3. The van der Waals surface area contributed by atoms with E-state index in [0.717, 1.165) is 53.2 Å². The molecule has 0 atom stereocenters. The van der Waals surface area contributed by atoms with Gasteiger partial charge in [-0.15, -0.1) is 0 Å². The van der Waals surface area contributed by atoms with Crippen LogP contribution >= 0.6 is 11.6 Å². The highest BCUT2D eigenvalue weighted by Gasteiger charge is 2.24. The van der Waals surface area contributed by atoms with Gasteiger partial charge < -0.3 is 15.1 Å². The molecule has 0 aromatic heterocycles. The molecule has 43 heavy (non-hydrogen) atoms. The number of fused-ring (bicyclic) bond motifs is 1. The number of carbonyl (C=O) groups excluding carboxylic acids is 1. The van der Waals surface area contributed by atoms with Crippen LogP contribution in [-0.4, -0.2) is 56.0 Å². The van der Waals surface area contributed by atoms with Crippen molar-refractivity contribution in [1.82, 2.24) is 15.1 Å². The van der Waals surface area contributed by atoms with Crippen LogP contribution in [0.4, 0.5) is 0 Å². The SMILES string of the molecule is CC.Cc1c(C2CCN(CCCCNC(=O)c3ccc(-c4ccc(Cl)cc4)c(CN(C)C)c3)CC2)ccc2c1CCCC2. The first-order valence-corrected chi connectivity index (χ1v) is 16.9. The molecule has 1 aliphatic carbocycles. The molecule has 1 N–H and O–H groups in total. The Hall–Kier alpha value is -2.66. The Labute approximate surface area is 265 Å². The van der Waals surface area contributed by atoms with Gasteiger partial charge in [0.25, 0.3) is 5.91 Å². The molecule has 0 bridgehead atoms. The Kier molecular flexibility index (Phi) is 12.7. The minimum atomic E-state index is 0.00824. The molecular formula is C38H52ClN3O. The third kappa shape index (κ3) is 8.94. The number of piperidine rings is 1. The second-order valence-corrected chi connectivity index (χ2v) is 12.8. The van der Waals surface area contributed by atoms with Crippen LogP contribution in [0.25, 0.3) is 11.1 Å². The molecule has 0 radical (unpaired) electrons. The van der Waals surface area contributed by atoms with E-state index in [2.05, 4.69) is 54.3 Å². The summed E-state index contributed by atoms with van der Waals surface area (Å²) >= 11 is 6.09. The highest BCUT2D eigenvalue weighted by atomic mass is 35.5. The van der Waals surface area contributed by atoms with E-state index in [1.165, 1.54) is 51.6 Å². The van der Waals surface area contributed by atoms with Gasteiger partial charge in [-0.1, -0.05) is 55.8 Å². The summed E-state index contributed by atoms with van der Waals surface area (Å²) in [5.41, 5.74) is 10.6. The van der Waals surface area contributed by atoms with Crippen LogP contribution in [0.1, 0.15) is 96.5 Å². The Morgan fingerprint density at radius 2 is 1.67 bits per heavy atom. The van der Waals surface area contributed by atoms with Gasteiger partial charge in [0.1, 0.15) is 0 Å². The Balaban J connectivity index is 0.00000207. The second-order valence-electron chi connectivity index (χ2n) is 12.3. The van der Waals surface area contributed by atoms with E-state index >= 15 is 0 Å². The summed E-state index contributed by atoms with van der Waals surface area (Å²) in [4.78, 5) is 17.7. The number of rotatable bonds is 10. The summed E-state index contributed by atoms with van der Waals surface area (Å²) in [7, 11) is 4.10. The predicted octanol–water partition coefficient (Wildman–Crippen LogP) is 8.67. The Bertz CT molecular complexity index is 1330. The van der Waals surface area contributed by atoms with Crippen LogP contribution in [0.3, 0.4) is 0 Å². The van der Waals surface area contributed by atoms with E-state index in [1.807, 2.05) is 50.2 Å². The van der Waals surface area contributed by atoms with Crippen molar-refractivity contribution < 1.29 is 4.79 Å². The minimum absolute atomic E-state index is 0.00824. The Morgan fingerprint density at radius 3 is 2.40 bits per heavy atom. The van der Waals surface area contributed by atoms with E-state index < -0.39 is 0 Å². The molecule has 5 rings (SSSR count). The average molecular weight is 602 g/mol. The molecule has 0 unspecified atom stereocenters. The molecular weight excluding hydrogens is 550 g/mol. The van der Waals surface area contributed by atoms with Crippen LogP contribution in [-0.2, 0) is 19.4 Å². The largest absolute Gasteiger partial charge is 0.352 e. The van der Waals surface area contributed by atoms with Gasteiger partial charge >= 0.3 is 0 Å². The number of benzene rings is 3. The highest BCUT2D eigenvalue weighted by molar-refractivity contribution is 6.30. The normalized spacial score (nSPS) is 15.5. The van der Waals surface area contributed by atoms with Crippen molar-refractivity contribution in [2.75, 3.05) is 40.3 Å². The topological polar surface area (TPSA) is 35.6 Å². The number of nitrogens with zero attached hydrogens (tertiary/aromatic N) is 2. The Morgan fingerprint density at radius 1 is 0.953 bits per heavy atom. The molecule has 3 aromatic carbocycles. The van der Waals surface area contributed by atoms with Crippen LogP contribution in [0, 0.1) is 6.92 Å². The highest BCUT2D eigenvalue weighted by Crippen LogP contribution is 2.35. The first kappa shape index (κ1) is 33.2. The van der Waals surface area contributed by atoms with Crippen molar-refractivity contribution in [3.05, 3.63) is 93.0 Å². The third-order valence-corrected chi connectivity index (χ3v) is 9.34. The van der Waals surface area contributed by atoms with Crippen LogP contribution in [0.15, 0.2) is 54.6 Å². The maximum Gasteiger partial charge on any atom is 0.251 e. The molecule has 3 aromatic rings. The lowest BCUT2D eigenvalue weighted by Crippen LogP contribution is -2.34. The predicted molar refractivity (Wildman–Crippen MR) is 183 cm³/mol. The van der Waals surface area contributed by atoms with Crippen LogP contribution < -0.4 is 5.32 Å².